The van der Waals surface area contributed by atoms with Gasteiger partial charge in [-0.05, 0) is 15.9 Å². The van der Waals surface area contributed by atoms with Gasteiger partial charge in [-0.25, -0.2) is 0 Å². The van der Waals surface area contributed by atoms with Crippen LogP contribution in [0, 0.1) is 0 Å². The molecule has 2 rings (SSSR count). The van der Waals surface area contributed by atoms with Gasteiger partial charge in [0, 0.05) is 6.07 Å². The molecule has 0 spiro atoms. The van der Waals surface area contributed by atoms with Gasteiger partial charge in [-0.15, -0.1) is 0 Å². The van der Waals surface area contributed by atoms with Crippen LogP contribution in [0.3, 0.4) is 0 Å². The molecule has 0 aliphatic rings. The van der Waals surface area contributed by atoms with Crippen LogP contribution in [0.2, 0.25) is 0 Å². The minimum atomic E-state index is -0.275. The van der Waals surface area contributed by atoms with Crippen LogP contribution in [0.25, 0.3) is 0 Å². The average molecular weight is 257 g/mol. The highest BCUT2D eigenvalue weighted by Crippen LogP contribution is 2.15. The average Bonchev–Trinajstić information content (AvgIpc) is 2.75. The maximum Gasteiger partial charge on any atom is 0.259 e. The van der Waals surface area contributed by atoms with Gasteiger partial charge in [0.25, 0.3) is 5.91 Å². The van der Waals surface area contributed by atoms with Gasteiger partial charge in [0.15, 0.2) is 4.67 Å². The lowest BCUT2D eigenvalue weighted by Gasteiger charge is -1.96. The fraction of sp³-hybridized carbons (Fsp3) is 0. The summed E-state index contributed by atoms with van der Waals surface area (Å²) in [5, 5.41) is 6.03. The molecule has 0 aliphatic heterocycles. The summed E-state index contributed by atoms with van der Waals surface area (Å²) in [6, 6.07) is 1.57. The van der Waals surface area contributed by atoms with E-state index in [1.165, 1.54) is 18.7 Å². The normalized spacial score (nSPS) is 10.1. The number of anilines is 1. The van der Waals surface area contributed by atoms with Crippen LogP contribution >= 0.6 is 15.9 Å². The molecule has 14 heavy (non-hydrogen) atoms. The first kappa shape index (κ1) is 9.01. The third kappa shape index (κ3) is 1.85. The molecule has 72 valence electrons. The van der Waals surface area contributed by atoms with E-state index >= 15 is 0 Å². The molecule has 0 bridgehead atoms. The van der Waals surface area contributed by atoms with Crippen LogP contribution in [0.4, 0.5) is 5.69 Å². The van der Waals surface area contributed by atoms with E-state index in [0.717, 1.165) is 0 Å². The number of nitrogens with one attached hydrogen (secondary N) is 1. The topological polar surface area (TPSA) is 68.3 Å². The van der Waals surface area contributed by atoms with Crippen molar-refractivity contribution in [2.45, 2.75) is 0 Å². The van der Waals surface area contributed by atoms with Gasteiger partial charge < -0.3 is 14.3 Å². The van der Waals surface area contributed by atoms with Crippen LogP contribution in [0.5, 0.6) is 0 Å². The van der Waals surface area contributed by atoms with Crippen molar-refractivity contribution in [3.05, 3.63) is 35.0 Å². The molecule has 1 N–H and O–H groups in total. The van der Waals surface area contributed by atoms with Crippen LogP contribution in [0.1, 0.15) is 10.4 Å². The lowest BCUT2D eigenvalue weighted by molar-refractivity contribution is 0.102. The largest absolute Gasteiger partial charge is 0.457 e. The highest BCUT2D eigenvalue weighted by molar-refractivity contribution is 9.10. The molecule has 5 nitrogen and oxygen atoms in total. The number of halogens is 1. The molecule has 0 fully saturated rings. The molecule has 0 saturated carbocycles. The van der Waals surface area contributed by atoms with Gasteiger partial charge in [-0.1, -0.05) is 5.16 Å². The van der Waals surface area contributed by atoms with E-state index in [1.54, 1.807) is 6.07 Å². The lowest BCUT2D eigenvalue weighted by Crippen LogP contribution is -2.09. The Labute approximate surface area is 87.2 Å². The zero-order valence-corrected chi connectivity index (χ0v) is 8.45. The van der Waals surface area contributed by atoms with Crippen LogP contribution in [-0.4, -0.2) is 11.1 Å². The van der Waals surface area contributed by atoms with Crippen molar-refractivity contribution < 1.29 is 13.7 Å². The van der Waals surface area contributed by atoms with Crippen molar-refractivity contribution in [2.75, 3.05) is 5.32 Å². The second-order valence-corrected chi connectivity index (χ2v) is 3.29. The Morgan fingerprint density at radius 2 is 2.36 bits per heavy atom. The molecule has 2 aromatic heterocycles. The lowest BCUT2D eigenvalue weighted by atomic mass is 10.3. The number of hydrogen-bond donors (Lipinski definition) is 1. The molecule has 0 unspecified atom stereocenters. The molecule has 0 atom stereocenters. The third-order valence-corrected chi connectivity index (χ3v) is 1.94. The summed E-state index contributed by atoms with van der Waals surface area (Å²) < 4.78 is 9.99. The van der Waals surface area contributed by atoms with Gasteiger partial charge in [-0.3, -0.25) is 4.79 Å². The number of amides is 1. The Morgan fingerprint density at radius 1 is 1.50 bits per heavy atom. The molecular weight excluding hydrogens is 252 g/mol. The summed E-state index contributed by atoms with van der Waals surface area (Å²) in [6.45, 7) is 0. The SMILES string of the molecule is O=C(Nc1cnoc1)c1coc(Br)c1. The van der Waals surface area contributed by atoms with E-state index in [4.69, 9.17) is 4.42 Å². The fourth-order valence-corrected chi connectivity index (χ4v) is 1.24. The quantitative estimate of drug-likeness (QED) is 0.895. The summed E-state index contributed by atoms with van der Waals surface area (Å²) in [7, 11) is 0. The van der Waals surface area contributed by atoms with Crippen LogP contribution in [-0.2, 0) is 0 Å². The van der Waals surface area contributed by atoms with Crippen molar-refractivity contribution in [2.24, 2.45) is 0 Å². The standard InChI is InChI=1S/C8H5BrN2O3/c9-7-1-5(3-13-7)8(12)11-6-2-10-14-4-6/h1-4H,(H,11,12). The predicted octanol–water partition coefficient (Wildman–Crippen LogP) is 2.28. The molecular formula is C8H5BrN2O3. The summed E-state index contributed by atoms with van der Waals surface area (Å²) in [5.41, 5.74) is 0.936. The Morgan fingerprint density at radius 3 is 2.93 bits per heavy atom. The van der Waals surface area contributed by atoms with Crippen molar-refractivity contribution in [1.82, 2.24) is 5.16 Å². The molecule has 1 amide bonds. The Balaban J connectivity index is 2.10. The van der Waals surface area contributed by atoms with Crippen molar-refractivity contribution in [3.63, 3.8) is 0 Å². The van der Waals surface area contributed by atoms with Crippen LogP contribution < -0.4 is 5.32 Å². The summed E-state index contributed by atoms with van der Waals surface area (Å²) in [6.07, 6.45) is 4.10. The minimum Gasteiger partial charge on any atom is -0.457 e. The van der Waals surface area contributed by atoms with Crippen molar-refractivity contribution >= 4 is 27.5 Å². The van der Waals surface area contributed by atoms with Gasteiger partial charge in [0.05, 0.1) is 11.8 Å². The zero-order valence-electron chi connectivity index (χ0n) is 6.86. The highest BCUT2D eigenvalue weighted by atomic mass is 79.9. The van der Waals surface area contributed by atoms with Crippen molar-refractivity contribution in [1.29, 1.82) is 0 Å². The van der Waals surface area contributed by atoms with Crippen LogP contribution in [0.15, 0.2) is 38.4 Å². The van der Waals surface area contributed by atoms with Gasteiger partial charge in [0.2, 0.25) is 0 Å². The monoisotopic (exact) mass is 256 g/mol. The second kappa shape index (κ2) is 3.67. The number of furan rings is 1. The first-order valence-electron chi connectivity index (χ1n) is 3.70. The van der Waals surface area contributed by atoms with E-state index in [9.17, 15) is 4.79 Å². The molecule has 2 aromatic rings. The summed E-state index contributed by atoms with van der Waals surface area (Å²) in [5.74, 6) is -0.275. The van der Waals surface area contributed by atoms with Gasteiger partial charge in [0.1, 0.15) is 18.2 Å². The van der Waals surface area contributed by atoms with E-state index < -0.39 is 0 Å². The summed E-state index contributed by atoms with van der Waals surface area (Å²) >= 11 is 3.10. The fourth-order valence-electron chi connectivity index (χ4n) is 0.899. The molecule has 2 heterocycles. The maximum atomic E-state index is 11.5. The van der Waals surface area contributed by atoms with E-state index in [-0.39, 0.29) is 5.91 Å². The smallest absolute Gasteiger partial charge is 0.259 e. The molecule has 0 aromatic carbocycles. The summed E-state index contributed by atoms with van der Waals surface area (Å²) in [4.78, 5) is 11.5. The van der Waals surface area contributed by atoms with E-state index in [1.807, 2.05) is 0 Å². The number of nitrogens with zero attached hydrogens (tertiary/aromatic N) is 1. The zero-order chi connectivity index (χ0) is 9.97. The molecule has 0 saturated heterocycles. The number of rotatable bonds is 2. The highest BCUT2D eigenvalue weighted by Gasteiger charge is 2.09. The number of carbonyl (C=O) groups excluding carboxylic acids is 1. The van der Waals surface area contributed by atoms with E-state index in [2.05, 4.69) is 30.9 Å². The molecule has 0 radical (unpaired) electrons. The second-order valence-electron chi connectivity index (χ2n) is 2.51. The van der Waals surface area contributed by atoms with Gasteiger partial charge in [-0.2, -0.15) is 0 Å². The Hall–Kier alpha value is -1.56. The Kier molecular flexibility index (Phi) is 2.36. The predicted molar refractivity (Wildman–Crippen MR) is 50.9 cm³/mol. The van der Waals surface area contributed by atoms with Gasteiger partial charge >= 0.3 is 0 Å². The minimum absolute atomic E-state index is 0.275. The first-order chi connectivity index (χ1) is 6.75. The van der Waals surface area contributed by atoms with Crippen molar-refractivity contribution in [3.8, 4) is 0 Å². The third-order valence-electron chi connectivity index (χ3n) is 1.52. The number of aromatic nitrogens is 1. The molecule has 0 aliphatic carbocycles. The maximum absolute atomic E-state index is 11.5. The first-order valence-corrected chi connectivity index (χ1v) is 4.50. The Bertz CT molecular complexity index is 435. The van der Waals surface area contributed by atoms with E-state index in [0.29, 0.717) is 15.9 Å². The molecule has 6 heteroatoms. The number of hydrogen-bond acceptors (Lipinski definition) is 4. The number of carbonyl (C=O) groups is 1.